The topological polar surface area (TPSA) is 52.0 Å². The van der Waals surface area contributed by atoms with Gasteiger partial charge in [-0.15, -0.1) is 0 Å². The molecule has 0 heterocycles. The molecule has 2 unspecified atom stereocenters. The highest BCUT2D eigenvalue weighted by molar-refractivity contribution is 5.14. The Morgan fingerprint density at radius 2 is 2.08 bits per heavy atom. The fourth-order valence-corrected chi connectivity index (χ4v) is 1.04. The Morgan fingerprint density at radius 1 is 1.54 bits per heavy atom. The third kappa shape index (κ3) is 3.64. The molecule has 0 amide bonds. The maximum Gasteiger partial charge on any atom is 0.0203 e. The summed E-state index contributed by atoms with van der Waals surface area (Å²) in [5, 5.41) is 0. The zero-order valence-electron chi connectivity index (χ0n) is 9.17. The second-order valence-electron chi connectivity index (χ2n) is 3.77. The van der Waals surface area contributed by atoms with Gasteiger partial charge in [-0.2, -0.15) is 0 Å². The van der Waals surface area contributed by atoms with E-state index >= 15 is 0 Å². The van der Waals surface area contributed by atoms with Crippen LogP contribution in [0.2, 0.25) is 0 Å². The van der Waals surface area contributed by atoms with Gasteiger partial charge in [-0.25, -0.2) is 0 Å². The predicted molar refractivity (Wildman–Crippen MR) is 59.1 cm³/mol. The van der Waals surface area contributed by atoms with Gasteiger partial charge in [-0.05, 0) is 26.3 Å². The van der Waals surface area contributed by atoms with Crippen LogP contribution in [0.3, 0.4) is 0 Å². The number of nitrogens with two attached hydrogens (primary N) is 2. The van der Waals surface area contributed by atoms with Crippen molar-refractivity contribution in [2.75, 3.05) is 0 Å². The number of hydrogen-bond donors (Lipinski definition) is 2. The van der Waals surface area contributed by atoms with Crippen molar-refractivity contribution in [2.24, 2.45) is 17.4 Å². The second kappa shape index (κ2) is 5.07. The molecule has 0 aromatic carbocycles. The van der Waals surface area contributed by atoms with Crippen LogP contribution in [0.5, 0.6) is 0 Å². The molecule has 0 aliphatic rings. The normalized spacial score (nSPS) is 20.2. The van der Waals surface area contributed by atoms with Gasteiger partial charge in [0.2, 0.25) is 0 Å². The van der Waals surface area contributed by atoms with E-state index in [9.17, 15) is 0 Å². The van der Waals surface area contributed by atoms with Gasteiger partial charge in [-0.1, -0.05) is 26.0 Å². The first-order valence-corrected chi connectivity index (χ1v) is 4.83. The predicted octanol–water partition coefficient (Wildman–Crippen LogP) is 2.17. The summed E-state index contributed by atoms with van der Waals surface area (Å²) in [5.74, 6) is 0.216. The fraction of sp³-hybridized carbons (Fsp3) is 0.636. The fourth-order valence-electron chi connectivity index (χ4n) is 1.04. The largest absolute Gasteiger partial charge is 0.402 e. The summed E-state index contributed by atoms with van der Waals surface area (Å²) in [5.41, 5.74) is 12.6. The summed E-state index contributed by atoms with van der Waals surface area (Å²) in [7, 11) is 0. The average Bonchev–Trinajstić information content (AvgIpc) is 2.12. The molecule has 0 saturated heterocycles. The van der Waals surface area contributed by atoms with E-state index in [0.717, 1.165) is 12.1 Å². The molecular weight excluding hydrogens is 160 g/mol. The summed E-state index contributed by atoms with van der Waals surface area (Å²) in [6.45, 7) is 8.15. The molecule has 0 rings (SSSR count). The van der Waals surface area contributed by atoms with Gasteiger partial charge in [0.05, 0.1) is 0 Å². The van der Waals surface area contributed by atoms with Crippen LogP contribution in [-0.4, -0.2) is 5.54 Å². The number of hydrogen-bond acceptors (Lipinski definition) is 2. The summed E-state index contributed by atoms with van der Waals surface area (Å²) in [6, 6.07) is 0. The van der Waals surface area contributed by atoms with Crippen molar-refractivity contribution in [3.8, 4) is 0 Å². The molecular formula is C11H22N2. The Morgan fingerprint density at radius 3 is 2.46 bits per heavy atom. The molecule has 76 valence electrons. The van der Waals surface area contributed by atoms with Crippen LogP contribution >= 0.6 is 0 Å². The Labute approximate surface area is 81.7 Å². The van der Waals surface area contributed by atoms with Gasteiger partial charge in [0.25, 0.3) is 0 Å². The van der Waals surface area contributed by atoms with Gasteiger partial charge >= 0.3 is 0 Å². The average molecular weight is 182 g/mol. The highest BCUT2D eigenvalue weighted by Gasteiger charge is 2.25. The van der Waals surface area contributed by atoms with Crippen molar-refractivity contribution < 1.29 is 0 Å². The van der Waals surface area contributed by atoms with Gasteiger partial charge < -0.3 is 11.5 Å². The third-order valence-corrected chi connectivity index (χ3v) is 2.73. The van der Waals surface area contributed by atoms with Crippen LogP contribution in [0.15, 0.2) is 23.9 Å². The zero-order valence-corrected chi connectivity index (χ0v) is 9.17. The molecule has 0 aromatic heterocycles. The van der Waals surface area contributed by atoms with Crippen molar-refractivity contribution >= 4 is 0 Å². The minimum absolute atomic E-state index is 0.206. The number of rotatable bonds is 4. The Kier molecular flexibility index (Phi) is 4.78. The van der Waals surface area contributed by atoms with E-state index in [2.05, 4.69) is 13.8 Å². The molecule has 0 spiro atoms. The lowest BCUT2D eigenvalue weighted by Crippen LogP contribution is -2.44. The molecule has 2 heteroatoms. The van der Waals surface area contributed by atoms with Gasteiger partial charge in [0.1, 0.15) is 0 Å². The first-order valence-electron chi connectivity index (χ1n) is 4.83. The van der Waals surface area contributed by atoms with Crippen LogP contribution < -0.4 is 11.5 Å². The van der Waals surface area contributed by atoms with Gasteiger partial charge in [0, 0.05) is 17.2 Å². The van der Waals surface area contributed by atoms with Crippen molar-refractivity contribution in [1.82, 2.24) is 0 Å². The first kappa shape index (κ1) is 12.2. The molecule has 0 aliphatic heterocycles. The molecule has 2 nitrogen and oxygen atoms in total. The van der Waals surface area contributed by atoms with E-state index in [1.807, 2.05) is 32.1 Å². The van der Waals surface area contributed by atoms with Crippen LogP contribution in [0.4, 0.5) is 0 Å². The van der Waals surface area contributed by atoms with E-state index < -0.39 is 0 Å². The summed E-state index contributed by atoms with van der Waals surface area (Å²) in [6.07, 6.45) is 6.75. The molecule has 0 saturated carbocycles. The molecule has 4 N–H and O–H groups in total. The van der Waals surface area contributed by atoms with Crippen molar-refractivity contribution in [3.63, 3.8) is 0 Å². The van der Waals surface area contributed by atoms with E-state index in [1.165, 1.54) is 0 Å². The molecule has 2 atom stereocenters. The Bertz CT molecular complexity index is 202. The maximum absolute atomic E-state index is 6.09. The lowest BCUT2D eigenvalue weighted by molar-refractivity contribution is 0.343. The van der Waals surface area contributed by atoms with E-state index in [1.54, 1.807) is 0 Å². The van der Waals surface area contributed by atoms with Crippen LogP contribution in [0.25, 0.3) is 0 Å². The van der Waals surface area contributed by atoms with Crippen LogP contribution in [0.1, 0.15) is 34.1 Å². The highest BCUT2D eigenvalue weighted by Crippen LogP contribution is 2.21. The monoisotopic (exact) mass is 182 g/mol. The minimum Gasteiger partial charge on any atom is -0.402 e. The van der Waals surface area contributed by atoms with Gasteiger partial charge in [0.15, 0.2) is 0 Å². The van der Waals surface area contributed by atoms with Crippen molar-refractivity contribution in [1.29, 1.82) is 0 Å². The quantitative estimate of drug-likeness (QED) is 0.655. The molecule has 0 radical (unpaired) electrons. The number of allylic oxidation sites excluding steroid dienone is 3. The molecule has 0 aromatic rings. The molecule has 0 bridgehead atoms. The van der Waals surface area contributed by atoms with Crippen molar-refractivity contribution in [2.45, 2.75) is 39.7 Å². The zero-order chi connectivity index (χ0) is 10.5. The third-order valence-electron chi connectivity index (χ3n) is 2.73. The molecule has 0 aliphatic carbocycles. The lowest BCUT2D eigenvalue weighted by Gasteiger charge is -2.30. The Hall–Kier alpha value is -0.760. The van der Waals surface area contributed by atoms with Crippen molar-refractivity contribution in [3.05, 3.63) is 23.9 Å². The Balaban J connectivity index is 4.50. The van der Waals surface area contributed by atoms with E-state index in [4.69, 9.17) is 11.5 Å². The standard InChI is InChI=1S/C11H22N2/c1-5-7-8-10(12)9(3)11(4,13)6-2/h5,7-9H,6,12-13H2,1-4H3/b7-5-,10-8+. The summed E-state index contributed by atoms with van der Waals surface area (Å²) < 4.78 is 0. The molecule has 13 heavy (non-hydrogen) atoms. The van der Waals surface area contributed by atoms with Gasteiger partial charge in [-0.3, -0.25) is 0 Å². The smallest absolute Gasteiger partial charge is 0.0203 e. The van der Waals surface area contributed by atoms with Crippen LogP contribution in [-0.2, 0) is 0 Å². The minimum atomic E-state index is -0.206. The summed E-state index contributed by atoms with van der Waals surface area (Å²) >= 11 is 0. The van der Waals surface area contributed by atoms with Crippen LogP contribution in [0, 0.1) is 5.92 Å². The first-order chi connectivity index (χ1) is 5.95. The summed E-state index contributed by atoms with van der Waals surface area (Å²) in [4.78, 5) is 0. The maximum atomic E-state index is 6.09. The lowest BCUT2D eigenvalue weighted by atomic mass is 9.83. The second-order valence-corrected chi connectivity index (χ2v) is 3.77. The van der Waals surface area contributed by atoms with E-state index in [-0.39, 0.29) is 11.5 Å². The SMILES string of the molecule is C/C=C\C=C(\N)C(C)C(C)(N)CC. The molecule has 0 fully saturated rings. The van der Waals surface area contributed by atoms with E-state index in [0.29, 0.717) is 0 Å². The highest BCUT2D eigenvalue weighted by atomic mass is 14.8.